The van der Waals surface area contributed by atoms with Gasteiger partial charge in [-0.2, -0.15) is 0 Å². The fraction of sp³-hybridized carbons (Fsp3) is 0.176. The summed E-state index contributed by atoms with van der Waals surface area (Å²) in [5.74, 6) is 0.319. The second-order valence-electron chi connectivity index (χ2n) is 5.34. The number of nitrogens with two attached hydrogens (primary N) is 1. The van der Waals surface area contributed by atoms with Crippen molar-refractivity contribution in [2.75, 3.05) is 17.3 Å². The summed E-state index contributed by atoms with van der Waals surface area (Å²) in [5, 5.41) is 0.335. The van der Waals surface area contributed by atoms with Gasteiger partial charge in [0.05, 0.1) is 5.75 Å². The molecule has 2 aromatic rings. The number of amides is 2. The standard InChI is InChI=1S/C17H14BrClN2O3S/c18-10-1-6-14(24-8-15(20)22)13(7-10)17-21(16(23)9-25-17)12-4-2-11(19)3-5-12/h1-7,17H,8-9H2,(H2,20,22)/t17-/m0/s1. The van der Waals surface area contributed by atoms with Gasteiger partial charge in [0, 0.05) is 20.7 Å². The highest BCUT2D eigenvalue weighted by molar-refractivity contribution is 9.10. The van der Waals surface area contributed by atoms with Crippen LogP contribution in [-0.2, 0) is 9.59 Å². The highest BCUT2D eigenvalue weighted by Gasteiger charge is 2.36. The van der Waals surface area contributed by atoms with Crippen molar-refractivity contribution in [3.63, 3.8) is 0 Å². The molecule has 8 heteroatoms. The molecular formula is C17H14BrClN2O3S. The van der Waals surface area contributed by atoms with Gasteiger partial charge in [-0.15, -0.1) is 11.8 Å². The lowest BCUT2D eigenvalue weighted by atomic mass is 10.1. The number of benzene rings is 2. The van der Waals surface area contributed by atoms with Gasteiger partial charge in [-0.1, -0.05) is 27.5 Å². The van der Waals surface area contributed by atoms with E-state index >= 15 is 0 Å². The van der Waals surface area contributed by atoms with Crippen LogP contribution in [0.3, 0.4) is 0 Å². The van der Waals surface area contributed by atoms with Gasteiger partial charge in [-0.25, -0.2) is 0 Å². The lowest BCUT2D eigenvalue weighted by Gasteiger charge is -2.26. The SMILES string of the molecule is NC(=O)COc1ccc(Br)cc1[C@@H]1SCC(=O)N1c1ccc(Cl)cc1. The summed E-state index contributed by atoms with van der Waals surface area (Å²) >= 11 is 10.9. The van der Waals surface area contributed by atoms with Gasteiger partial charge in [0.15, 0.2) is 6.61 Å². The molecule has 25 heavy (non-hydrogen) atoms. The lowest BCUT2D eigenvalue weighted by Crippen LogP contribution is -2.28. The van der Waals surface area contributed by atoms with Crippen LogP contribution in [0.1, 0.15) is 10.9 Å². The van der Waals surface area contributed by atoms with Crippen molar-refractivity contribution in [2.45, 2.75) is 5.37 Å². The van der Waals surface area contributed by atoms with Crippen molar-refractivity contribution in [2.24, 2.45) is 5.73 Å². The minimum atomic E-state index is -0.557. The zero-order chi connectivity index (χ0) is 18.0. The molecule has 2 aromatic carbocycles. The zero-order valence-electron chi connectivity index (χ0n) is 12.9. The van der Waals surface area contributed by atoms with Crippen LogP contribution in [0.5, 0.6) is 5.75 Å². The summed E-state index contributed by atoms with van der Waals surface area (Å²) < 4.78 is 6.39. The van der Waals surface area contributed by atoms with Crippen molar-refractivity contribution >= 4 is 56.8 Å². The molecule has 130 valence electrons. The molecule has 1 saturated heterocycles. The number of halogens is 2. The van der Waals surface area contributed by atoms with Crippen molar-refractivity contribution in [1.29, 1.82) is 0 Å². The number of hydrogen-bond acceptors (Lipinski definition) is 4. The smallest absolute Gasteiger partial charge is 0.255 e. The molecule has 2 amide bonds. The Morgan fingerprint density at radius 2 is 2.04 bits per heavy atom. The third-order valence-corrected chi connectivity index (χ3v) is 5.52. The van der Waals surface area contributed by atoms with E-state index in [4.69, 9.17) is 22.1 Å². The summed E-state index contributed by atoms with van der Waals surface area (Å²) in [7, 11) is 0. The van der Waals surface area contributed by atoms with Gasteiger partial charge < -0.3 is 10.5 Å². The molecule has 0 unspecified atom stereocenters. The molecule has 0 aliphatic carbocycles. The van der Waals surface area contributed by atoms with E-state index in [2.05, 4.69) is 15.9 Å². The maximum absolute atomic E-state index is 12.5. The second-order valence-corrected chi connectivity index (χ2v) is 7.76. The van der Waals surface area contributed by atoms with Gasteiger partial charge in [0.2, 0.25) is 5.91 Å². The number of anilines is 1. The average molecular weight is 442 g/mol. The highest BCUT2D eigenvalue weighted by Crippen LogP contribution is 2.45. The minimum absolute atomic E-state index is 0.00171. The molecule has 0 radical (unpaired) electrons. The van der Waals surface area contributed by atoms with Gasteiger partial charge in [-0.05, 0) is 42.5 Å². The Balaban J connectivity index is 1.98. The van der Waals surface area contributed by atoms with E-state index < -0.39 is 5.91 Å². The van der Waals surface area contributed by atoms with E-state index in [0.717, 1.165) is 15.7 Å². The normalized spacial score (nSPS) is 17.0. The number of nitrogens with zero attached hydrogens (tertiary/aromatic N) is 1. The summed E-state index contributed by atoms with van der Waals surface area (Å²) in [4.78, 5) is 25.2. The zero-order valence-corrected chi connectivity index (χ0v) is 16.1. The first-order valence-electron chi connectivity index (χ1n) is 7.35. The largest absolute Gasteiger partial charge is 0.483 e. The Morgan fingerprint density at radius 3 is 2.72 bits per heavy atom. The highest BCUT2D eigenvalue weighted by atomic mass is 79.9. The molecule has 2 N–H and O–H groups in total. The first-order valence-corrected chi connectivity index (χ1v) is 9.57. The van der Waals surface area contributed by atoms with Crippen LogP contribution in [0.2, 0.25) is 5.02 Å². The van der Waals surface area contributed by atoms with Crippen LogP contribution in [0.15, 0.2) is 46.9 Å². The molecule has 1 aliphatic heterocycles. The van der Waals surface area contributed by atoms with Crippen LogP contribution in [-0.4, -0.2) is 24.2 Å². The van der Waals surface area contributed by atoms with Crippen LogP contribution >= 0.6 is 39.3 Å². The Kier molecular flexibility index (Phi) is 5.56. The molecule has 5 nitrogen and oxygen atoms in total. The molecule has 1 atom stereocenters. The van der Waals surface area contributed by atoms with Crippen LogP contribution in [0.4, 0.5) is 5.69 Å². The average Bonchev–Trinajstić information content (AvgIpc) is 2.96. The Labute approximate surface area is 162 Å². The molecule has 1 heterocycles. The molecule has 0 spiro atoms. The summed E-state index contributed by atoms with van der Waals surface area (Å²) in [5.41, 5.74) is 6.72. The molecule has 3 rings (SSSR count). The van der Waals surface area contributed by atoms with Gasteiger partial charge in [0.25, 0.3) is 5.91 Å². The van der Waals surface area contributed by atoms with Crippen molar-refractivity contribution in [3.05, 3.63) is 57.5 Å². The first kappa shape index (κ1) is 18.1. The second kappa shape index (κ2) is 7.68. The van der Waals surface area contributed by atoms with E-state index in [1.807, 2.05) is 12.1 Å². The van der Waals surface area contributed by atoms with E-state index in [9.17, 15) is 9.59 Å². The lowest BCUT2D eigenvalue weighted by molar-refractivity contribution is -0.120. The number of primary amides is 1. The molecule has 0 saturated carbocycles. The monoisotopic (exact) mass is 440 g/mol. The van der Waals surface area contributed by atoms with Gasteiger partial charge in [-0.3, -0.25) is 14.5 Å². The van der Waals surface area contributed by atoms with Crippen LogP contribution in [0.25, 0.3) is 0 Å². The predicted molar refractivity (Wildman–Crippen MR) is 103 cm³/mol. The predicted octanol–water partition coefficient (Wildman–Crippen LogP) is 3.75. The number of hydrogen-bond donors (Lipinski definition) is 1. The van der Waals surface area contributed by atoms with E-state index in [1.165, 1.54) is 11.8 Å². The summed E-state index contributed by atoms with van der Waals surface area (Å²) in [6.45, 7) is -0.221. The molecule has 0 aromatic heterocycles. The molecular weight excluding hydrogens is 428 g/mol. The molecule has 1 aliphatic rings. The van der Waals surface area contributed by atoms with Crippen molar-refractivity contribution in [3.8, 4) is 5.75 Å². The van der Waals surface area contributed by atoms with Crippen LogP contribution in [0, 0.1) is 0 Å². The summed E-state index contributed by atoms with van der Waals surface area (Å²) in [6, 6.07) is 12.6. The van der Waals surface area contributed by atoms with E-state index in [0.29, 0.717) is 16.5 Å². The fourth-order valence-electron chi connectivity index (χ4n) is 2.53. The third kappa shape index (κ3) is 4.11. The van der Waals surface area contributed by atoms with Crippen molar-refractivity contribution in [1.82, 2.24) is 0 Å². The van der Waals surface area contributed by atoms with Gasteiger partial charge in [0.1, 0.15) is 11.1 Å². The number of thioether (sulfide) groups is 1. The van der Waals surface area contributed by atoms with Gasteiger partial charge >= 0.3 is 0 Å². The number of carbonyl (C=O) groups excluding carboxylic acids is 2. The molecule has 1 fully saturated rings. The quantitative estimate of drug-likeness (QED) is 0.767. The van der Waals surface area contributed by atoms with Crippen LogP contribution < -0.4 is 15.4 Å². The fourth-order valence-corrected chi connectivity index (χ4v) is 4.22. The maximum atomic E-state index is 12.5. The third-order valence-electron chi connectivity index (χ3n) is 3.58. The summed E-state index contributed by atoms with van der Waals surface area (Å²) in [6.07, 6.45) is 0. The number of carbonyl (C=O) groups is 2. The maximum Gasteiger partial charge on any atom is 0.255 e. The van der Waals surface area contributed by atoms with E-state index in [1.54, 1.807) is 35.2 Å². The van der Waals surface area contributed by atoms with E-state index in [-0.39, 0.29) is 17.9 Å². The topological polar surface area (TPSA) is 72.6 Å². The first-order chi connectivity index (χ1) is 12.0. The Hall–Kier alpha value is -1.70. The number of ether oxygens (including phenoxy) is 1. The molecule has 0 bridgehead atoms. The number of rotatable bonds is 5. The minimum Gasteiger partial charge on any atom is -0.483 e. The Morgan fingerprint density at radius 1 is 1.32 bits per heavy atom. The Bertz CT molecular complexity index is 816. The van der Waals surface area contributed by atoms with Crippen molar-refractivity contribution < 1.29 is 14.3 Å².